The molecule has 1 atom stereocenters. The second-order valence-electron chi connectivity index (χ2n) is 6.84. The maximum atomic E-state index is 11.3. The van der Waals surface area contributed by atoms with Gasteiger partial charge < -0.3 is 19.5 Å². The Labute approximate surface area is 158 Å². The first kappa shape index (κ1) is 17.5. The van der Waals surface area contributed by atoms with Gasteiger partial charge in [-0.05, 0) is 24.5 Å². The van der Waals surface area contributed by atoms with E-state index in [2.05, 4.69) is 14.9 Å². The number of β-amino-alcohol motifs (C(OH)–C–C–N with tert-alkyl or cyclic N) is 1. The van der Waals surface area contributed by atoms with Crippen molar-refractivity contribution in [2.24, 2.45) is 0 Å². The number of piperidine rings is 1. The molecule has 0 amide bonds. The summed E-state index contributed by atoms with van der Waals surface area (Å²) < 4.78 is 10.8. The van der Waals surface area contributed by atoms with E-state index in [1.165, 1.54) is 0 Å². The number of fused-ring (bicyclic) bond motifs is 1. The van der Waals surface area contributed by atoms with Crippen molar-refractivity contribution in [1.82, 2.24) is 9.97 Å². The molecule has 140 valence electrons. The van der Waals surface area contributed by atoms with Gasteiger partial charge in [0.1, 0.15) is 17.7 Å². The van der Waals surface area contributed by atoms with Gasteiger partial charge in [0.15, 0.2) is 11.5 Å². The number of anilines is 1. The van der Waals surface area contributed by atoms with Gasteiger partial charge in [-0.1, -0.05) is 30.3 Å². The van der Waals surface area contributed by atoms with E-state index in [-0.39, 0.29) is 0 Å². The summed E-state index contributed by atoms with van der Waals surface area (Å²) in [7, 11) is 3.22. The Balaban J connectivity index is 1.75. The zero-order valence-corrected chi connectivity index (χ0v) is 15.6. The summed E-state index contributed by atoms with van der Waals surface area (Å²) in [5.74, 6) is 2.07. The van der Waals surface area contributed by atoms with Crippen LogP contribution in [0, 0.1) is 0 Å². The molecule has 0 radical (unpaired) electrons. The van der Waals surface area contributed by atoms with Crippen LogP contribution in [-0.2, 0) is 5.60 Å². The molecule has 2 aromatic carbocycles. The van der Waals surface area contributed by atoms with Gasteiger partial charge in [-0.3, -0.25) is 0 Å². The summed E-state index contributed by atoms with van der Waals surface area (Å²) in [5, 5.41) is 12.2. The van der Waals surface area contributed by atoms with Gasteiger partial charge in [-0.25, -0.2) is 9.97 Å². The normalized spacial score (nSPS) is 19.9. The Bertz CT molecular complexity index is 948. The highest BCUT2D eigenvalue weighted by molar-refractivity contribution is 5.92. The van der Waals surface area contributed by atoms with E-state index in [0.29, 0.717) is 18.0 Å². The molecule has 1 saturated heterocycles. The van der Waals surface area contributed by atoms with E-state index in [9.17, 15) is 5.11 Å². The second-order valence-corrected chi connectivity index (χ2v) is 6.84. The number of aliphatic hydroxyl groups is 1. The fraction of sp³-hybridized carbons (Fsp3) is 0.333. The van der Waals surface area contributed by atoms with Gasteiger partial charge in [0.05, 0.1) is 26.3 Å². The molecule has 0 spiro atoms. The quantitative estimate of drug-likeness (QED) is 0.766. The third-order valence-electron chi connectivity index (χ3n) is 5.20. The first-order valence-corrected chi connectivity index (χ1v) is 9.04. The van der Waals surface area contributed by atoms with E-state index in [1.54, 1.807) is 20.5 Å². The summed E-state index contributed by atoms with van der Waals surface area (Å²) in [6.07, 6.45) is 3.16. The number of methoxy groups -OCH3 is 2. The Morgan fingerprint density at radius 1 is 1.04 bits per heavy atom. The summed E-state index contributed by atoms with van der Waals surface area (Å²) in [5.41, 5.74) is 0.826. The summed E-state index contributed by atoms with van der Waals surface area (Å²) in [4.78, 5) is 11.0. The van der Waals surface area contributed by atoms with Crippen LogP contribution in [-0.4, -0.2) is 42.4 Å². The van der Waals surface area contributed by atoms with Crippen LogP contribution in [0.5, 0.6) is 11.5 Å². The number of benzene rings is 2. The summed E-state index contributed by atoms with van der Waals surface area (Å²) in [6, 6.07) is 13.6. The van der Waals surface area contributed by atoms with Gasteiger partial charge in [-0.2, -0.15) is 0 Å². The maximum Gasteiger partial charge on any atom is 0.162 e. The Hall–Kier alpha value is -2.86. The molecule has 6 heteroatoms. The van der Waals surface area contributed by atoms with Crippen LogP contribution in [0.15, 0.2) is 48.8 Å². The molecule has 27 heavy (non-hydrogen) atoms. The van der Waals surface area contributed by atoms with Crippen molar-refractivity contribution in [3.05, 3.63) is 54.4 Å². The molecule has 2 heterocycles. The van der Waals surface area contributed by atoms with Crippen molar-refractivity contribution in [1.29, 1.82) is 0 Å². The SMILES string of the molecule is COc1cc2ncnc(N3CCCC(O)(c4ccccc4)C3)c2cc1OC. The Morgan fingerprint density at radius 3 is 2.52 bits per heavy atom. The van der Waals surface area contributed by atoms with Crippen LogP contribution in [0.1, 0.15) is 18.4 Å². The number of ether oxygens (including phenoxy) is 2. The zero-order chi connectivity index (χ0) is 18.9. The number of aromatic nitrogens is 2. The predicted octanol–water partition coefficient (Wildman–Crippen LogP) is 3.14. The smallest absolute Gasteiger partial charge is 0.162 e. The van der Waals surface area contributed by atoms with Crippen LogP contribution < -0.4 is 14.4 Å². The fourth-order valence-corrected chi connectivity index (χ4v) is 3.82. The number of hydrogen-bond donors (Lipinski definition) is 1. The Kier molecular flexibility index (Phi) is 4.58. The van der Waals surface area contributed by atoms with Crippen LogP contribution in [0.4, 0.5) is 5.82 Å². The van der Waals surface area contributed by atoms with E-state index >= 15 is 0 Å². The lowest BCUT2D eigenvalue weighted by atomic mass is 9.85. The first-order chi connectivity index (χ1) is 13.1. The molecule has 1 unspecified atom stereocenters. The highest BCUT2D eigenvalue weighted by atomic mass is 16.5. The Morgan fingerprint density at radius 2 is 1.78 bits per heavy atom. The lowest BCUT2D eigenvalue weighted by Gasteiger charge is -2.40. The van der Waals surface area contributed by atoms with Crippen LogP contribution >= 0.6 is 0 Å². The number of rotatable bonds is 4. The highest BCUT2D eigenvalue weighted by Gasteiger charge is 2.36. The van der Waals surface area contributed by atoms with Crippen LogP contribution in [0.2, 0.25) is 0 Å². The number of hydrogen-bond acceptors (Lipinski definition) is 6. The molecular weight excluding hydrogens is 342 g/mol. The van der Waals surface area contributed by atoms with Crippen molar-refractivity contribution in [2.75, 3.05) is 32.2 Å². The number of nitrogens with zero attached hydrogens (tertiary/aromatic N) is 3. The van der Waals surface area contributed by atoms with Crippen molar-refractivity contribution >= 4 is 16.7 Å². The topological polar surface area (TPSA) is 67.7 Å². The average molecular weight is 365 g/mol. The largest absolute Gasteiger partial charge is 0.493 e. The molecule has 0 aliphatic carbocycles. The van der Waals surface area contributed by atoms with Crippen molar-refractivity contribution in [3.63, 3.8) is 0 Å². The first-order valence-electron chi connectivity index (χ1n) is 9.04. The highest BCUT2D eigenvalue weighted by Crippen LogP contribution is 2.38. The van der Waals surface area contributed by atoms with E-state index in [1.807, 2.05) is 42.5 Å². The molecule has 4 rings (SSSR count). The maximum absolute atomic E-state index is 11.3. The predicted molar refractivity (Wildman–Crippen MR) is 104 cm³/mol. The molecule has 6 nitrogen and oxygen atoms in total. The van der Waals surface area contributed by atoms with E-state index < -0.39 is 5.60 Å². The van der Waals surface area contributed by atoms with Crippen molar-refractivity contribution in [2.45, 2.75) is 18.4 Å². The zero-order valence-electron chi connectivity index (χ0n) is 15.6. The minimum absolute atomic E-state index is 0.484. The monoisotopic (exact) mass is 365 g/mol. The third-order valence-corrected chi connectivity index (χ3v) is 5.20. The van der Waals surface area contributed by atoms with Gasteiger partial charge in [0.2, 0.25) is 0 Å². The van der Waals surface area contributed by atoms with Gasteiger partial charge in [0.25, 0.3) is 0 Å². The third kappa shape index (κ3) is 3.17. The molecular formula is C21H23N3O3. The molecule has 1 N–H and O–H groups in total. The summed E-state index contributed by atoms with van der Waals surface area (Å²) in [6.45, 7) is 1.31. The molecule has 1 aliphatic rings. The molecule has 0 bridgehead atoms. The summed E-state index contributed by atoms with van der Waals surface area (Å²) >= 11 is 0. The van der Waals surface area contributed by atoms with Gasteiger partial charge in [0, 0.05) is 18.0 Å². The van der Waals surface area contributed by atoms with Crippen LogP contribution in [0.3, 0.4) is 0 Å². The van der Waals surface area contributed by atoms with Crippen molar-refractivity contribution in [3.8, 4) is 11.5 Å². The van der Waals surface area contributed by atoms with E-state index in [0.717, 1.165) is 41.7 Å². The second kappa shape index (κ2) is 7.04. The molecule has 1 fully saturated rings. The molecule has 3 aromatic rings. The lowest BCUT2D eigenvalue weighted by molar-refractivity contribution is 0.0218. The average Bonchev–Trinajstić information content (AvgIpc) is 2.73. The van der Waals surface area contributed by atoms with E-state index in [4.69, 9.17) is 9.47 Å². The minimum atomic E-state index is -0.895. The molecule has 1 aliphatic heterocycles. The van der Waals surface area contributed by atoms with Gasteiger partial charge >= 0.3 is 0 Å². The molecule has 1 aromatic heterocycles. The van der Waals surface area contributed by atoms with Crippen LogP contribution in [0.25, 0.3) is 10.9 Å². The minimum Gasteiger partial charge on any atom is -0.493 e. The van der Waals surface area contributed by atoms with Gasteiger partial charge in [-0.15, -0.1) is 0 Å². The fourth-order valence-electron chi connectivity index (χ4n) is 3.82. The molecule has 0 saturated carbocycles. The van der Waals surface area contributed by atoms with Crippen molar-refractivity contribution < 1.29 is 14.6 Å². The lowest BCUT2D eigenvalue weighted by Crippen LogP contribution is -2.46. The standard InChI is InChI=1S/C21H23N3O3/c1-26-18-11-16-17(12-19(18)27-2)22-14-23-20(16)24-10-6-9-21(25,13-24)15-7-4-3-5-8-15/h3-5,7-8,11-12,14,25H,6,9-10,13H2,1-2H3.